The molecule has 0 aliphatic carbocycles. The Balaban J connectivity index is 3.82. The third kappa shape index (κ3) is 4.50. The average Bonchev–Trinajstić information content (AvgIpc) is 2.02. The van der Waals surface area contributed by atoms with Gasteiger partial charge in [0.15, 0.2) is 0 Å². The van der Waals surface area contributed by atoms with Gasteiger partial charge in [-0.05, 0) is 0 Å². The van der Waals surface area contributed by atoms with Crippen molar-refractivity contribution in [2.75, 3.05) is 13.2 Å². The van der Waals surface area contributed by atoms with Crippen molar-refractivity contribution in [2.45, 2.75) is 24.7 Å². The lowest BCUT2D eigenvalue weighted by molar-refractivity contribution is -0.103. The molecule has 0 unspecified atom stereocenters. The van der Waals surface area contributed by atoms with E-state index < -0.39 is 37.9 Å². The van der Waals surface area contributed by atoms with Crippen LogP contribution in [-0.4, -0.2) is 35.3 Å². The van der Waals surface area contributed by atoms with Crippen LogP contribution in [0.4, 0.5) is 17.6 Å². The van der Waals surface area contributed by atoms with Crippen LogP contribution in [-0.2, 0) is 0 Å². The highest BCUT2D eigenvalue weighted by molar-refractivity contribution is 4.71. The van der Waals surface area contributed by atoms with Crippen LogP contribution in [0.25, 0.3) is 0 Å². The highest BCUT2D eigenvalue weighted by Crippen LogP contribution is 2.27. The molecule has 0 saturated carbocycles. The van der Waals surface area contributed by atoms with Gasteiger partial charge < -0.3 is 10.2 Å². The Bertz CT molecular complexity index is 122. The van der Waals surface area contributed by atoms with Gasteiger partial charge in [-0.1, -0.05) is 0 Å². The number of alkyl halides is 4. The quantitative estimate of drug-likeness (QED) is 0.635. The number of aliphatic hydroxyl groups is 2. The first kappa shape index (κ1) is 11.6. The van der Waals surface area contributed by atoms with E-state index in [4.69, 9.17) is 10.2 Å². The highest BCUT2D eigenvalue weighted by atomic mass is 19.3. The molecule has 2 nitrogen and oxygen atoms in total. The SMILES string of the molecule is OCC(F)(F)CCC(F)(F)CO. The maximum atomic E-state index is 12.2. The summed E-state index contributed by atoms with van der Waals surface area (Å²) < 4.78 is 48.6. The normalized spacial score (nSPS) is 13.5. The number of hydrogen-bond donors (Lipinski definition) is 2. The van der Waals surface area contributed by atoms with Gasteiger partial charge in [-0.15, -0.1) is 0 Å². The minimum absolute atomic E-state index is 1.13. The lowest BCUT2D eigenvalue weighted by atomic mass is 10.1. The molecule has 2 N–H and O–H groups in total. The molecule has 6 heteroatoms. The van der Waals surface area contributed by atoms with E-state index in [9.17, 15) is 17.6 Å². The van der Waals surface area contributed by atoms with Gasteiger partial charge in [0, 0.05) is 12.8 Å². The molecular formula is C6H10F4O2. The molecular weight excluding hydrogens is 180 g/mol. The smallest absolute Gasteiger partial charge is 0.270 e. The standard InChI is InChI=1S/C6H10F4O2/c7-5(8,3-11)1-2-6(9,10)4-12/h11-12H,1-4H2. The van der Waals surface area contributed by atoms with Gasteiger partial charge in [0.1, 0.15) is 13.2 Å². The number of rotatable bonds is 5. The van der Waals surface area contributed by atoms with Crippen LogP contribution in [0, 0.1) is 0 Å². The predicted molar refractivity (Wildman–Crippen MR) is 33.3 cm³/mol. The summed E-state index contributed by atoms with van der Waals surface area (Å²) in [5.41, 5.74) is 0. The molecule has 0 aliphatic heterocycles. The van der Waals surface area contributed by atoms with E-state index >= 15 is 0 Å². The number of aliphatic hydroxyl groups excluding tert-OH is 2. The minimum atomic E-state index is -3.49. The minimum Gasteiger partial charge on any atom is -0.390 e. The Morgan fingerprint density at radius 2 is 1.00 bits per heavy atom. The Hall–Kier alpha value is -0.360. The monoisotopic (exact) mass is 190 g/mol. The second-order valence-corrected chi connectivity index (χ2v) is 2.53. The van der Waals surface area contributed by atoms with Gasteiger partial charge in [-0.2, -0.15) is 0 Å². The third-order valence-electron chi connectivity index (χ3n) is 1.32. The van der Waals surface area contributed by atoms with Crippen molar-refractivity contribution in [3.63, 3.8) is 0 Å². The molecule has 0 amide bonds. The molecule has 0 spiro atoms. The summed E-state index contributed by atoms with van der Waals surface area (Å²) in [6, 6.07) is 0. The molecule has 0 saturated heterocycles. The summed E-state index contributed by atoms with van der Waals surface area (Å²) >= 11 is 0. The predicted octanol–water partition coefficient (Wildman–Crippen LogP) is 1.02. The van der Waals surface area contributed by atoms with Crippen LogP contribution >= 0.6 is 0 Å². The van der Waals surface area contributed by atoms with Gasteiger partial charge in [0.2, 0.25) is 0 Å². The summed E-state index contributed by atoms with van der Waals surface area (Å²) in [5.74, 6) is -6.97. The average molecular weight is 190 g/mol. The van der Waals surface area contributed by atoms with Gasteiger partial charge in [-0.3, -0.25) is 0 Å². The topological polar surface area (TPSA) is 40.5 Å². The first-order valence-corrected chi connectivity index (χ1v) is 3.30. The molecule has 12 heavy (non-hydrogen) atoms. The fourth-order valence-corrected chi connectivity index (χ4v) is 0.524. The van der Waals surface area contributed by atoms with E-state index in [1.807, 2.05) is 0 Å². The largest absolute Gasteiger partial charge is 0.390 e. The summed E-state index contributed by atoms with van der Waals surface area (Å²) in [6.07, 6.45) is -2.26. The Labute approximate surface area is 66.8 Å². The Morgan fingerprint density at radius 3 is 1.17 bits per heavy atom. The lowest BCUT2D eigenvalue weighted by Gasteiger charge is -2.17. The van der Waals surface area contributed by atoms with Crippen LogP contribution in [0.2, 0.25) is 0 Å². The van der Waals surface area contributed by atoms with Crippen molar-refractivity contribution in [3.8, 4) is 0 Å². The zero-order chi connectivity index (χ0) is 9.83. The molecule has 0 bridgehead atoms. The molecule has 0 fully saturated rings. The molecule has 74 valence electrons. The molecule has 0 aromatic rings. The fourth-order valence-electron chi connectivity index (χ4n) is 0.524. The van der Waals surface area contributed by atoms with Gasteiger partial charge >= 0.3 is 0 Å². The van der Waals surface area contributed by atoms with Crippen molar-refractivity contribution in [1.82, 2.24) is 0 Å². The maximum Gasteiger partial charge on any atom is 0.270 e. The molecule has 0 aliphatic rings. The number of hydrogen-bond acceptors (Lipinski definition) is 2. The Morgan fingerprint density at radius 1 is 0.750 bits per heavy atom. The van der Waals surface area contributed by atoms with Crippen molar-refractivity contribution < 1.29 is 27.8 Å². The van der Waals surface area contributed by atoms with E-state index in [0.29, 0.717) is 0 Å². The van der Waals surface area contributed by atoms with Crippen LogP contribution in [0.5, 0.6) is 0 Å². The highest BCUT2D eigenvalue weighted by Gasteiger charge is 2.35. The summed E-state index contributed by atoms with van der Waals surface area (Å²) in [6.45, 7) is -2.90. The second-order valence-electron chi connectivity index (χ2n) is 2.53. The van der Waals surface area contributed by atoms with E-state index in [2.05, 4.69) is 0 Å². The number of halogens is 4. The molecule has 0 aromatic carbocycles. The van der Waals surface area contributed by atoms with Crippen molar-refractivity contribution in [1.29, 1.82) is 0 Å². The maximum absolute atomic E-state index is 12.2. The summed E-state index contributed by atoms with van der Waals surface area (Å²) in [5, 5.41) is 16.0. The fraction of sp³-hybridized carbons (Fsp3) is 1.00. The zero-order valence-corrected chi connectivity index (χ0v) is 6.23. The van der Waals surface area contributed by atoms with E-state index in [1.165, 1.54) is 0 Å². The molecule has 0 aromatic heterocycles. The van der Waals surface area contributed by atoms with Crippen LogP contribution in [0.3, 0.4) is 0 Å². The van der Waals surface area contributed by atoms with E-state index in [0.717, 1.165) is 0 Å². The van der Waals surface area contributed by atoms with Crippen LogP contribution < -0.4 is 0 Å². The summed E-state index contributed by atoms with van der Waals surface area (Å²) in [7, 11) is 0. The molecule has 0 heterocycles. The third-order valence-corrected chi connectivity index (χ3v) is 1.32. The van der Waals surface area contributed by atoms with Gasteiger partial charge in [0.05, 0.1) is 0 Å². The van der Waals surface area contributed by atoms with E-state index in [-0.39, 0.29) is 0 Å². The first-order valence-electron chi connectivity index (χ1n) is 3.30. The Kier molecular flexibility index (Phi) is 3.92. The van der Waals surface area contributed by atoms with Crippen molar-refractivity contribution in [2.24, 2.45) is 0 Å². The van der Waals surface area contributed by atoms with Crippen LogP contribution in [0.15, 0.2) is 0 Å². The van der Waals surface area contributed by atoms with E-state index in [1.54, 1.807) is 0 Å². The molecule has 0 rings (SSSR count). The van der Waals surface area contributed by atoms with Crippen LogP contribution in [0.1, 0.15) is 12.8 Å². The molecule has 0 radical (unpaired) electrons. The molecule has 0 atom stereocenters. The first-order chi connectivity index (χ1) is 5.33. The van der Waals surface area contributed by atoms with Gasteiger partial charge in [-0.25, -0.2) is 17.6 Å². The zero-order valence-electron chi connectivity index (χ0n) is 6.23. The second kappa shape index (κ2) is 4.04. The van der Waals surface area contributed by atoms with Crippen molar-refractivity contribution in [3.05, 3.63) is 0 Å². The van der Waals surface area contributed by atoms with Crippen molar-refractivity contribution >= 4 is 0 Å². The van der Waals surface area contributed by atoms with Gasteiger partial charge in [0.25, 0.3) is 11.8 Å². The lowest BCUT2D eigenvalue weighted by Crippen LogP contribution is -2.28. The summed E-state index contributed by atoms with van der Waals surface area (Å²) in [4.78, 5) is 0.